The first-order valence-electron chi connectivity index (χ1n) is 11.9. The van der Waals surface area contributed by atoms with Gasteiger partial charge in [0.2, 0.25) is 11.2 Å². The van der Waals surface area contributed by atoms with Gasteiger partial charge in [0.1, 0.15) is 22.8 Å². The maximum Gasteiger partial charge on any atom is 0.260 e. The smallest absolute Gasteiger partial charge is 0.260 e. The Morgan fingerprint density at radius 1 is 1.15 bits per heavy atom. The Morgan fingerprint density at radius 3 is 2.79 bits per heavy atom. The number of fused-ring (bicyclic) bond motifs is 2. The second-order valence-corrected chi connectivity index (χ2v) is 9.31. The van der Waals surface area contributed by atoms with Gasteiger partial charge in [0.25, 0.3) is 5.91 Å². The maximum atomic E-state index is 13.0. The van der Waals surface area contributed by atoms with E-state index in [0.29, 0.717) is 47.7 Å². The molecule has 2 aliphatic rings. The lowest BCUT2D eigenvalue weighted by Crippen LogP contribution is -2.55. The Kier molecular flexibility index (Phi) is 6.04. The van der Waals surface area contributed by atoms with E-state index >= 15 is 0 Å². The van der Waals surface area contributed by atoms with E-state index in [9.17, 15) is 14.7 Å². The van der Waals surface area contributed by atoms with E-state index in [-0.39, 0.29) is 29.6 Å². The molecule has 34 heavy (non-hydrogen) atoms. The Balaban J connectivity index is 1.27. The van der Waals surface area contributed by atoms with E-state index in [1.54, 1.807) is 42.2 Å². The van der Waals surface area contributed by atoms with Gasteiger partial charge in [-0.1, -0.05) is 31.0 Å². The summed E-state index contributed by atoms with van der Waals surface area (Å²) < 4.78 is 17.4. The van der Waals surface area contributed by atoms with Gasteiger partial charge >= 0.3 is 0 Å². The Bertz CT molecular complexity index is 1250. The Labute approximate surface area is 197 Å². The van der Waals surface area contributed by atoms with Crippen molar-refractivity contribution in [2.75, 3.05) is 19.7 Å². The zero-order chi connectivity index (χ0) is 23.7. The highest BCUT2D eigenvalue weighted by atomic mass is 16.5. The van der Waals surface area contributed by atoms with Crippen molar-refractivity contribution < 1.29 is 23.8 Å². The molecule has 7 nitrogen and oxygen atoms in total. The van der Waals surface area contributed by atoms with Crippen LogP contribution in [0.25, 0.3) is 11.0 Å². The van der Waals surface area contributed by atoms with Gasteiger partial charge in [-0.3, -0.25) is 9.59 Å². The first-order valence-corrected chi connectivity index (χ1v) is 11.9. The van der Waals surface area contributed by atoms with Crippen LogP contribution in [0.2, 0.25) is 0 Å². The van der Waals surface area contributed by atoms with Gasteiger partial charge in [-0.2, -0.15) is 0 Å². The van der Waals surface area contributed by atoms with E-state index in [2.05, 4.69) is 0 Å². The van der Waals surface area contributed by atoms with Crippen molar-refractivity contribution in [1.29, 1.82) is 0 Å². The molecule has 1 amide bonds. The number of amides is 1. The van der Waals surface area contributed by atoms with E-state index in [4.69, 9.17) is 13.9 Å². The normalized spacial score (nSPS) is 22.3. The minimum atomic E-state index is -0.618. The van der Waals surface area contributed by atoms with Gasteiger partial charge < -0.3 is 23.9 Å². The van der Waals surface area contributed by atoms with Crippen LogP contribution < -0.4 is 14.9 Å². The SMILES string of the molecule is Cc1oc2cc(OCC(=O)N3CCC4(O)CCCCC4C3)ccc2c(=O)c1Oc1ccccc1. The van der Waals surface area contributed by atoms with Crippen LogP contribution in [0.15, 0.2) is 57.7 Å². The second-order valence-electron chi connectivity index (χ2n) is 9.31. The number of rotatable bonds is 5. The number of hydrogen-bond donors (Lipinski definition) is 1. The molecule has 1 saturated heterocycles. The molecule has 1 N–H and O–H groups in total. The largest absolute Gasteiger partial charge is 0.484 e. The number of hydrogen-bond acceptors (Lipinski definition) is 6. The first-order chi connectivity index (χ1) is 16.4. The molecule has 2 fully saturated rings. The number of aliphatic hydroxyl groups is 1. The topological polar surface area (TPSA) is 89.2 Å². The summed E-state index contributed by atoms with van der Waals surface area (Å²) >= 11 is 0. The van der Waals surface area contributed by atoms with Crippen LogP contribution in [0, 0.1) is 12.8 Å². The number of benzene rings is 2. The van der Waals surface area contributed by atoms with Crippen molar-refractivity contribution >= 4 is 16.9 Å². The standard InChI is InChI=1S/C27H29NO6/c1-18-26(34-20-8-3-2-4-9-20)25(30)22-11-10-21(15-23(22)33-18)32-17-24(29)28-14-13-27(31)12-6-5-7-19(27)16-28/h2-4,8-11,15,19,31H,5-7,12-14,16-17H2,1H3. The van der Waals surface area contributed by atoms with Gasteiger partial charge in [0, 0.05) is 25.1 Å². The summed E-state index contributed by atoms with van der Waals surface area (Å²) in [5.74, 6) is 1.56. The number of nitrogens with zero attached hydrogens (tertiary/aromatic N) is 1. The summed E-state index contributed by atoms with van der Waals surface area (Å²) in [6.07, 6.45) is 4.57. The minimum absolute atomic E-state index is 0.100. The van der Waals surface area contributed by atoms with Crippen molar-refractivity contribution in [3.05, 3.63) is 64.5 Å². The molecular formula is C27H29NO6. The van der Waals surface area contributed by atoms with Gasteiger partial charge in [0.05, 0.1) is 11.0 Å². The number of para-hydroxylation sites is 1. The molecule has 1 aliphatic carbocycles. The number of aryl methyl sites for hydroxylation is 1. The molecule has 178 valence electrons. The van der Waals surface area contributed by atoms with E-state index in [0.717, 1.165) is 25.7 Å². The fourth-order valence-corrected chi connectivity index (χ4v) is 5.12. The third-order valence-electron chi connectivity index (χ3n) is 7.09. The van der Waals surface area contributed by atoms with Gasteiger partial charge in [-0.25, -0.2) is 0 Å². The van der Waals surface area contributed by atoms with Crippen molar-refractivity contribution in [1.82, 2.24) is 4.90 Å². The highest BCUT2D eigenvalue weighted by molar-refractivity contribution is 5.80. The number of piperidine rings is 1. The zero-order valence-electron chi connectivity index (χ0n) is 19.3. The van der Waals surface area contributed by atoms with Crippen molar-refractivity contribution in [2.24, 2.45) is 5.92 Å². The lowest BCUT2D eigenvalue weighted by atomic mass is 9.71. The maximum absolute atomic E-state index is 13.0. The average Bonchev–Trinajstić information content (AvgIpc) is 2.85. The summed E-state index contributed by atoms with van der Waals surface area (Å²) in [5, 5.41) is 11.2. The van der Waals surface area contributed by atoms with Crippen molar-refractivity contribution in [3.8, 4) is 17.2 Å². The molecule has 7 heteroatoms. The first kappa shape index (κ1) is 22.5. The Morgan fingerprint density at radius 2 is 1.97 bits per heavy atom. The lowest BCUT2D eigenvalue weighted by Gasteiger charge is -2.47. The molecular weight excluding hydrogens is 434 g/mol. The van der Waals surface area contributed by atoms with E-state index < -0.39 is 5.60 Å². The summed E-state index contributed by atoms with van der Waals surface area (Å²) in [4.78, 5) is 27.5. The summed E-state index contributed by atoms with van der Waals surface area (Å²) in [6.45, 7) is 2.70. The van der Waals surface area contributed by atoms with Crippen molar-refractivity contribution in [2.45, 2.75) is 44.6 Å². The van der Waals surface area contributed by atoms with Crippen LogP contribution in [0.4, 0.5) is 0 Å². The number of carbonyl (C=O) groups is 1. The average molecular weight is 464 g/mol. The fraction of sp³-hybridized carbons (Fsp3) is 0.407. The van der Waals surface area contributed by atoms with Crippen LogP contribution >= 0.6 is 0 Å². The predicted octanol–water partition coefficient (Wildman–Crippen LogP) is 4.43. The van der Waals surface area contributed by atoms with Crippen LogP contribution in [-0.2, 0) is 4.79 Å². The molecule has 0 radical (unpaired) electrons. The number of ether oxygens (including phenoxy) is 2. The minimum Gasteiger partial charge on any atom is -0.484 e. The molecule has 0 spiro atoms. The molecule has 2 heterocycles. The Hall–Kier alpha value is -3.32. The second kappa shape index (κ2) is 9.14. The summed E-state index contributed by atoms with van der Waals surface area (Å²) in [7, 11) is 0. The molecule has 1 aliphatic heterocycles. The molecule has 0 bridgehead atoms. The molecule has 1 saturated carbocycles. The van der Waals surface area contributed by atoms with E-state index in [1.807, 2.05) is 18.2 Å². The summed E-state index contributed by atoms with van der Waals surface area (Å²) in [6, 6.07) is 14.0. The van der Waals surface area contributed by atoms with Gasteiger partial charge in [-0.15, -0.1) is 0 Å². The van der Waals surface area contributed by atoms with E-state index in [1.165, 1.54) is 0 Å². The molecule has 2 unspecified atom stereocenters. The zero-order valence-corrected chi connectivity index (χ0v) is 19.3. The highest BCUT2D eigenvalue weighted by Gasteiger charge is 2.43. The molecule has 3 aromatic rings. The summed E-state index contributed by atoms with van der Waals surface area (Å²) in [5.41, 5.74) is -0.510. The quantitative estimate of drug-likeness (QED) is 0.602. The molecule has 2 aromatic carbocycles. The van der Waals surface area contributed by atoms with Crippen LogP contribution in [0.3, 0.4) is 0 Å². The third kappa shape index (κ3) is 4.40. The molecule has 5 rings (SSSR count). The lowest BCUT2D eigenvalue weighted by molar-refractivity contribution is -0.145. The van der Waals surface area contributed by atoms with Crippen LogP contribution in [0.1, 0.15) is 37.9 Å². The van der Waals surface area contributed by atoms with Gasteiger partial charge in [0.15, 0.2) is 6.61 Å². The van der Waals surface area contributed by atoms with Crippen LogP contribution in [-0.4, -0.2) is 41.2 Å². The monoisotopic (exact) mass is 463 g/mol. The highest BCUT2D eigenvalue weighted by Crippen LogP contribution is 2.39. The van der Waals surface area contributed by atoms with Gasteiger partial charge in [-0.05, 0) is 50.5 Å². The predicted molar refractivity (Wildman–Crippen MR) is 127 cm³/mol. The molecule has 2 atom stereocenters. The van der Waals surface area contributed by atoms with Crippen LogP contribution in [0.5, 0.6) is 17.2 Å². The number of carbonyl (C=O) groups excluding carboxylic acids is 1. The fourth-order valence-electron chi connectivity index (χ4n) is 5.12. The third-order valence-corrected chi connectivity index (χ3v) is 7.09. The molecule has 1 aromatic heterocycles. The van der Waals surface area contributed by atoms with Crippen molar-refractivity contribution in [3.63, 3.8) is 0 Å². The number of likely N-dealkylation sites (tertiary alicyclic amines) is 1.